The van der Waals surface area contributed by atoms with Crippen LogP contribution in [0.1, 0.15) is 5.56 Å². The molecule has 1 N–H and O–H groups in total. The van der Waals surface area contributed by atoms with Gasteiger partial charge in [-0.3, -0.25) is 19.3 Å². The smallest absolute Gasteiger partial charge is 0.294 e. The zero-order valence-electron chi connectivity index (χ0n) is 20.0. The number of amides is 3. The molecule has 0 radical (unpaired) electrons. The van der Waals surface area contributed by atoms with E-state index in [2.05, 4.69) is 32.1 Å². The summed E-state index contributed by atoms with van der Waals surface area (Å²) >= 11 is 4.19. The summed E-state index contributed by atoms with van der Waals surface area (Å²) in [4.78, 5) is 41.7. The van der Waals surface area contributed by atoms with Crippen molar-refractivity contribution >= 4 is 62.2 Å². The lowest BCUT2D eigenvalue weighted by Gasteiger charge is -2.30. The third-order valence-corrected chi connectivity index (χ3v) is 7.05. The van der Waals surface area contributed by atoms with Gasteiger partial charge >= 0.3 is 0 Å². The van der Waals surface area contributed by atoms with E-state index in [1.54, 1.807) is 24.3 Å². The van der Waals surface area contributed by atoms with Crippen molar-refractivity contribution in [3.8, 4) is 23.8 Å². The highest BCUT2D eigenvalue weighted by molar-refractivity contribution is 9.10. The second kappa shape index (κ2) is 12.2. The molecule has 0 spiro atoms. The number of methoxy groups -OCH3 is 1. The molecule has 0 aliphatic carbocycles. The minimum atomic E-state index is -0.547. The number of morpholine rings is 1. The van der Waals surface area contributed by atoms with E-state index in [0.29, 0.717) is 53.5 Å². The van der Waals surface area contributed by atoms with Crippen molar-refractivity contribution in [3.63, 3.8) is 0 Å². The Hall–Kier alpha value is -3.46. The largest absolute Gasteiger partial charge is 0.493 e. The minimum absolute atomic E-state index is 0.0617. The molecule has 11 heteroatoms. The predicted molar refractivity (Wildman–Crippen MR) is 146 cm³/mol. The molecule has 37 heavy (non-hydrogen) atoms. The van der Waals surface area contributed by atoms with Crippen molar-refractivity contribution in [1.82, 2.24) is 4.90 Å². The summed E-state index contributed by atoms with van der Waals surface area (Å²) in [5, 5.41) is 2.32. The van der Waals surface area contributed by atoms with Gasteiger partial charge in [0.1, 0.15) is 13.2 Å². The van der Waals surface area contributed by atoms with Crippen LogP contribution in [-0.2, 0) is 14.3 Å². The molecule has 2 heterocycles. The van der Waals surface area contributed by atoms with Crippen molar-refractivity contribution in [2.75, 3.05) is 56.8 Å². The molecule has 4 rings (SSSR count). The lowest BCUT2D eigenvalue weighted by Crippen LogP contribution is -2.38. The van der Waals surface area contributed by atoms with E-state index in [-0.39, 0.29) is 11.5 Å². The van der Waals surface area contributed by atoms with Gasteiger partial charge in [0.25, 0.3) is 11.1 Å². The fourth-order valence-corrected chi connectivity index (χ4v) is 5.27. The maximum atomic E-state index is 13.0. The summed E-state index contributed by atoms with van der Waals surface area (Å²) in [6, 6.07) is 10.8. The van der Waals surface area contributed by atoms with Gasteiger partial charge in [-0.1, -0.05) is 18.1 Å². The van der Waals surface area contributed by atoms with Gasteiger partial charge in [-0.25, -0.2) is 0 Å². The highest BCUT2D eigenvalue weighted by Gasteiger charge is 2.36. The normalized spacial score (nSPS) is 16.6. The van der Waals surface area contributed by atoms with Crippen molar-refractivity contribution in [3.05, 3.63) is 51.3 Å². The topological polar surface area (TPSA) is 97.4 Å². The molecule has 0 atom stereocenters. The number of para-hydroxylation sites is 2. The zero-order valence-corrected chi connectivity index (χ0v) is 22.4. The number of benzene rings is 2. The molecule has 2 saturated heterocycles. The molecule has 2 aromatic rings. The van der Waals surface area contributed by atoms with E-state index in [4.69, 9.17) is 20.6 Å². The number of anilines is 2. The monoisotopic (exact) mass is 585 g/mol. The SMILES string of the molecule is C#CCOc1c(Br)cc(/C=C2\SC(=O)N(CC(=O)Nc3ccccc3N3CCOCC3)C2=O)cc1OC. The molecule has 2 aromatic carbocycles. The molecule has 2 aliphatic rings. The molecule has 0 aromatic heterocycles. The molecule has 3 amide bonds. The van der Waals surface area contributed by atoms with Crippen LogP contribution in [0.5, 0.6) is 11.5 Å². The number of carbonyl (C=O) groups is 3. The van der Waals surface area contributed by atoms with E-state index in [1.807, 2.05) is 18.2 Å². The van der Waals surface area contributed by atoms with Crippen molar-refractivity contribution < 1.29 is 28.6 Å². The molecular formula is C26H24BrN3O6S. The third-order valence-electron chi connectivity index (χ3n) is 5.55. The number of nitrogens with zero attached hydrogens (tertiary/aromatic N) is 2. The number of thioether (sulfide) groups is 1. The van der Waals surface area contributed by atoms with Gasteiger partial charge in [0.15, 0.2) is 11.5 Å². The Kier molecular flexibility index (Phi) is 8.76. The van der Waals surface area contributed by atoms with Gasteiger partial charge in [0.05, 0.1) is 41.1 Å². The van der Waals surface area contributed by atoms with E-state index in [0.717, 1.165) is 22.3 Å². The number of imide groups is 1. The van der Waals surface area contributed by atoms with Crippen LogP contribution in [0.15, 0.2) is 45.8 Å². The first-order chi connectivity index (χ1) is 17.9. The molecular weight excluding hydrogens is 562 g/mol. The Bertz CT molecular complexity index is 1290. The fourth-order valence-electron chi connectivity index (χ4n) is 3.86. The number of ether oxygens (including phenoxy) is 3. The second-order valence-corrected chi connectivity index (χ2v) is 9.81. The van der Waals surface area contributed by atoms with Crippen LogP contribution in [0.25, 0.3) is 6.08 Å². The minimum Gasteiger partial charge on any atom is -0.493 e. The molecule has 2 aliphatic heterocycles. The molecule has 9 nitrogen and oxygen atoms in total. The zero-order chi connectivity index (χ0) is 26.4. The number of hydrogen-bond donors (Lipinski definition) is 1. The number of terminal acetylenes is 1. The first kappa shape index (κ1) is 26.6. The van der Waals surface area contributed by atoms with Gasteiger partial charge in [-0.2, -0.15) is 0 Å². The highest BCUT2D eigenvalue weighted by atomic mass is 79.9. The Morgan fingerprint density at radius 1 is 1.27 bits per heavy atom. The molecule has 0 saturated carbocycles. The summed E-state index contributed by atoms with van der Waals surface area (Å²) in [6.07, 6.45) is 6.83. The Morgan fingerprint density at radius 3 is 2.76 bits per heavy atom. The van der Waals surface area contributed by atoms with Crippen LogP contribution in [0.3, 0.4) is 0 Å². The predicted octanol–water partition coefficient (Wildman–Crippen LogP) is 3.98. The van der Waals surface area contributed by atoms with Gasteiger partial charge < -0.3 is 24.4 Å². The Balaban J connectivity index is 1.47. The summed E-state index contributed by atoms with van der Waals surface area (Å²) in [7, 11) is 1.48. The highest BCUT2D eigenvalue weighted by Crippen LogP contribution is 2.39. The fraction of sp³-hybridized carbons (Fsp3) is 0.269. The number of rotatable bonds is 8. The van der Waals surface area contributed by atoms with Crippen molar-refractivity contribution in [2.45, 2.75) is 0 Å². The number of nitrogens with one attached hydrogen (secondary N) is 1. The average Bonchev–Trinajstić information content (AvgIpc) is 3.15. The van der Waals surface area contributed by atoms with Crippen LogP contribution in [0, 0.1) is 12.3 Å². The van der Waals surface area contributed by atoms with Gasteiger partial charge in [0, 0.05) is 13.1 Å². The van der Waals surface area contributed by atoms with Crippen LogP contribution in [0.2, 0.25) is 0 Å². The third kappa shape index (κ3) is 6.28. The summed E-state index contributed by atoms with van der Waals surface area (Å²) in [5.41, 5.74) is 2.08. The lowest BCUT2D eigenvalue weighted by molar-refractivity contribution is -0.127. The maximum absolute atomic E-state index is 13.0. The Labute approximate surface area is 227 Å². The number of hydrogen-bond acceptors (Lipinski definition) is 8. The molecule has 0 unspecified atom stereocenters. The van der Waals surface area contributed by atoms with Gasteiger partial charge in [0.2, 0.25) is 5.91 Å². The maximum Gasteiger partial charge on any atom is 0.294 e. The van der Waals surface area contributed by atoms with E-state index in [9.17, 15) is 14.4 Å². The van der Waals surface area contributed by atoms with Crippen molar-refractivity contribution in [2.24, 2.45) is 0 Å². The average molecular weight is 586 g/mol. The number of carbonyl (C=O) groups excluding carboxylic acids is 3. The number of halogens is 1. The molecule has 192 valence electrons. The molecule has 0 bridgehead atoms. The van der Waals surface area contributed by atoms with E-state index < -0.39 is 23.6 Å². The first-order valence-electron chi connectivity index (χ1n) is 11.3. The Morgan fingerprint density at radius 2 is 2.03 bits per heavy atom. The van der Waals surface area contributed by atoms with Crippen LogP contribution < -0.4 is 19.7 Å². The van der Waals surface area contributed by atoms with E-state index >= 15 is 0 Å². The second-order valence-electron chi connectivity index (χ2n) is 7.96. The van der Waals surface area contributed by atoms with Gasteiger partial charge in [-0.05, 0) is 63.6 Å². The van der Waals surface area contributed by atoms with Crippen LogP contribution in [0.4, 0.5) is 16.2 Å². The van der Waals surface area contributed by atoms with Crippen LogP contribution in [-0.4, -0.2) is 68.5 Å². The van der Waals surface area contributed by atoms with Gasteiger partial charge in [-0.15, -0.1) is 6.42 Å². The van der Waals surface area contributed by atoms with Crippen molar-refractivity contribution in [1.29, 1.82) is 0 Å². The lowest BCUT2D eigenvalue weighted by atomic mass is 10.2. The van der Waals surface area contributed by atoms with E-state index in [1.165, 1.54) is 7.11 Å². The first-order valence-corrected chi connectivity index (χ1v) is 12.9. The summed E-state index contributed by atoms with van der Waals surface area (Å²) in [6.45, 7) is 2.29. The quantitative estimate of drug-likeness (QED) is 0.367. The van der Waals surface area contributed by atoms with Crippen LogP contribution >= 0.6 is 27.7 Å². The molecule has 2 fully saturated rings. The standard InChI is InChI=1S/C26H24BrN3O6S/c1-3-10-36-24-18(27)13-17(14-21(24)34-2)15-22-25(32)30(26(33)37-22)16-23(31)28-19-6-4-5-7-20(19)29-8-11-35-12-9-29/h1,4-7,13-15H,8-12,16H2,2H3,(H,28,31)/b22-15-. The summed E-state index contributed by atoms with van der Waals surface area (Å²) < 4.78 is 16.9. The summed E-state index contributed by atoms with van der Waals surface area (Å²) in [5.74, 6) is 2.22.